The molecule has 25 heavy (non-hydrogen) atoms. The first-order valence-corrected chi connectivity index (χ1v) is 10.5. The van der Waals surface area contributed by atoms with E-state index in [4.69, 9.17) is 21.3 Å². The third kappa shape index (κ3) is 6.37. The fraction of sp³-hybridized carbons (Fsp3) is 0.316. The molecule has 0 saturated heterocycles. The van der Waals surface area contributed by atoms with Gasteiger partial charge in [0, 0.05) is 11.3 Å². The van der Waals surface area contributed by atoms with Crippen molar-refractivity contribution in [2.45, 2.75) is 20.3 Å². The summed E-state index contributed by atoms with van der Waals surface area (Å²) in [6.07, 6.45) is 1.01. The molecule has 0 amide bonds. The molecule has 4 nitrogen and oxygen atoms in total. The lowest BCUT2D eigenvalue weighted by atomic mass is 10.1. The van der Waals surface area contributed by atoms with Crippen LogP contribution in [-0.2, 0) is 20.0 Å². The van der Waals surface area contributed by atoms with Gasteiger partial charge in [0.2, 0.25) is 0 Å². The summed E-state index contributed by atoms with van der Waals surface area (Å²) >= 11 is 5.44. The SMILES string of the molecule is CCOP(=O)(CCc1ccc(C(=S)Nc2ccccc2)cc1)OCC. The van der Waals surface area contributed by atoms with Crippen molar-refractivity contribution in [2.24, 2.45) is 0 Å². The van der Waals surface area contributed by atoms with E-state index in [1.807, 2.05) is 68.4 Å². The molecule has 0 heterocycles. The van der Waals surface area contributed by atoms with Crippen molar-refractivity contribution in [3.8, 4) is 0 Å². The van der Waals surface area contributed by atoms with Gasteiger partial charge in [-0.2, -0.15) is 0 Å². The molecule has 0 atom stereocenters. The molecule has 0 aliphatic rings. The molecule has 0 fully saturated rings. The highest BCUT2D eigenvalue weighted by Crippen LogP contribution is 2.48. The number of anilines is 1. The molecule has 0 unspecified atom stereocenters. The monoisotopic (exact) mass is 377 g/mol. The lowest BCUT2D eigenvalue weighted by Gasteiger charge is -2.17. The summed E-state index contributed by atoms with van der Waals surface area (Å²) in [5.74, 6) is 0. The Morgan fingerprint density at radius 2 is 1.60 bits per heavy atom. The van der Waals surface area contributed by atoms with E-state index in [-0.39, 0.29) is 0 Å². The van der Waals surface area contributed by atoms with Crippen LogP contribution in [-0.4, -0.2) is 24.4 Å². The molecule has 2 rings (SSSR count). The molecule has 0 spiro atoms. The number of hydrogen-bond acceptors (Lipinski definition) is 4. The van der Waals surface area contributed by atoms with E-state index < -0.39 is 7.60 Å². The fourth-order valence-electron chi connectivity index (χ4n) is 2.37. The van der Waals surface area contributed by atoms with Crippen LogP contribution in [0.2, 0.25) is 0 Å². The maximum atomic E-state index is 12.5. The molecule has 0 aromatic heterocycles. The molecule has 1 N–H and O–H groups in total. The number of rotatable bonds is 9. The molecular formula is C19H24NO3PS. The topological polar surface area (TPSA) is 47.6 Å². The Bertz CT molecular complexity index is 709. The van der Waals surface area contributed by atoms with E-state index in [1.54, 1.807) is 0 Å². The van der Waals surface area contributed by atoms with Crippen LogP contribution >= 0.6 is 19.8 Å². The standard InChI is InChI=1S/C19H24NO3PS/c1-3-22-24(21,23-4-2)15-14-16-10-12-17(13-11-16)19(25)20-18-8-6-5-7-9-18/h5-13H,3-4,14-15H2,1-2H3,(H,20,25). The minimum absolute atomic E-state index is 0.376. The van der Waals surface area contributed by atoms with Crippen molar-refractivity contribution in [2.75, 3.05) is 24.7 Å². The predicted molar refractivity (Wildman–Crippen MR) is 108 cm³/mol. The van der Waals surface area contributed by atoms with Gasteiger partial charge in [-0.1, -0.05) is 54.7 Å². The summed E-state index contributed by atoms with van der Waals surface area (Å²) < 4.78 is 23.1. The molecule has 0 aliphatic carbocycles. The third-order valence-electron chi connectivity index (χ3n) is 3.57. The van der Waals surface area contributed by atoms with Gasteiger partial charge in [-0.25, -0.2) is 0 Å². The first-order valence-electron chi connectivity index (χ1n) is 8.40. The van der Waals surface area contributed by atoms with Crippen LogP contribution in [0.4, 0.5) is 5.69 Å². The molecular weight excluding hydrogens is 353 g/mol. The Morgan fingerprint density at radius 1 is 1.00 bits per heavy atom. The predicted octanol–water partition coefficient (Wildman–Crippen LogP) is 5.28. The Hall–Kier alpha value is -1.52. The Balaban J connectivity index is 1.95. The summed E-state index contributed by atoms with van der Waals surface area (Å²) in [5, 5.41) is 3.21. The van der Waals surface area contributed by atoms with Crippen LogP contribution in [0.5, 0.6) is 0 Å². The van der Waals surface area contributed by atoms with Gasteiger partial charge >= 0.3 is 7.60 Å². The Labute approximate surface area is 155 Å². The number of benzene rings is 2. The van der Waals surface area contributed by atoms with Gasteiger partial charge < -0.3 is 14.4 Å². The highest BCUT2D eigenvalue weighted by molar-refractivity contribution is 7.81. The normalized spacial score (nSPS) is 11.3. The van der Waals surface area contributed by atoms with Crippen molar-refractivity contribution in [3.05, 3.63) is 65.7 Å². The van der Waals surface area contributed by atoms with Gasteiger partial charge in [-0.05, 0) is 38.0 Å². The van der Waals surface area contributed by atoms with Crippen molar-refractivity contribution in [3.63, 3.8) is 0 Å². The second kappa shape index (κ2) is 9.83. The van der Waals surface area contributed by atoms with E-state index in [2.05, 4.69) is 5.32 Å². The zero-order valence-electron chi connectivity index (χ0n) is 14.6. The number of nitrogens with one attached hydrogen (secondary N) is 1. The van der Waals surface area contributed by atoms with E-state index in [9.17, 15) is 4.57 Å². The summed E-state index contributed by atoms with van der Waals surface area (Å²) in [6.45, 7) is 4.41. The third-order valence-corrected chi connectivity index (χ3v) is 5.99. The lowest BCUT2D eigenvalue weighted by Crippen LogP contribution is -2.10. The van der Waals surface area contributed by atoms with Crippen LogP contribution in [0.25, 0.3) is 0 Å². The average Bonchev–Trinajstić information content (AvgIpc) is 2.62. The van der Waals surface area contributed by atoms with Gasteiger partial charge in [0.25, 0.3) is 0 Å². The van der Waals surface area contributed by atoms with Crippen LogP contribution in [0, 0.1) is 0 Å². The van der Waals surface area contributed by atoms with Crippen molar-refractivity contribution in [1.82, 2.24) is 0 Å². The molecule has 134 valence electrons. The minimum atomic E-state index is -3.00. The second-order valence-electron chi connectivity index (χ2n) is 5.44. The molecule has 0 radical (unpaired) electrons. The fourth-order valence-corrected chi connectivity index (χ4v) is 4.28. The zero-order valence-corrected chi connectivity index (χ0v) is 16.3. The van der Waals surface area contributed by atoms with Gasteiger partial charge in [-0.15, -0.1) is 0 Å². The first kappa shape index (κ1) is 19.8. The molecule has 0 aliphatic heterocycles. The highest BCUT2D eigenvalue weighted by atomic mass is 32.1. The van der Waals surface area contributed by atoms with Crippen LogP contribution < -0.4 is 5.32 Å². The number of para-hydroxylation sites is 1. The van der Waals surface area contributed by atoms with Gasteiger partial charge in [0.1, 0.15) is 4.99 Å². The number of hydrogen-bond donors (Lipinski definition) is 1. The zero-order chi connectivity index (χ0) is 18.1. The molecule has 0 bridgehead atoms. The lowest BCUT2D eigenvalue weighted by molar-refractivity contribution is 0.220. The smallest absolute Gasteiger partial charge is 0.330 e. The van der Waals surface area contributed by atoms with Gasteiger partial charge in [0.15, 0.2) is 0 Å². The summed E-state index contributed by atoms with van der Waals surface area (Å²) in [4.78, 5) is 0.673. The quantitative estimate of drug-likeness (QED) is 0.476. The highest BCUT2D eigenvalue weighted by Gasteiger charge is 2.22. The van der Waals surface area contributed by atoms with Gasteiger partial charge in [-0.3, -0.25) is 4.57 Å². The van der Waals surface area contributed by atoms with E-state index in [0.717, 1.165) is 16.8 Å². The van der Waals surface area contributed by atoms with E-state index >= 15 is 0 Å². The van der Waals surface area contributed by atoms with Crippen LogP contribution in [0.1, 0.15) is 25.0 Å². The van der Waals surface area contributed by atoms with E-state index in [1.165, 1.54) is 0 Å². The van der Waals surface area contributed by atoms with Crippen molar-refractivity contribution < 1.29 is 13.6 Å². The maximum Gasteiger partial charge on any atom is 0.330 e. The van der Waals surface area contributed by atoms with Crippen molar-refractivity contribution >= 4 is 30.5 Å². The molecule has 0 saturated carbocycles. The minimum Gasteiger partial charge on any atom is -0.346 e. The number of aryl methyl sites for hydroxylation is 1. The Morgan fingerprint density at radius 3 is 2.16 bits per heavy atom. The largest absolute Gasteiger partial charge is 0.346 e. The first-order chi connectivity index (χ1) is 12.1. The van der Waals surface area contributed by atoms with Crippen molar-refractivity contribution in [1.29, 1.82) is 0 Å². The summed E-state index contributed by atoms with van der Waals surface area (Å²) in [5.41, 5.74) is 2.98. The average molecular weight is 377 g/mol. The summed E-state index contributed by atoms with van der Waals surface area (Å²) in [7, 11) is -3.00. The number of thiocarbonyl (C=S) groups is 1. The Kier molecular flexibility index (Phi) is 7.79. The maximum absolute atomic E-state index is 12.5. The van der Waals surface area contributed by atoms with Crippen LogP contribution in [0.15, 0.2) is 54.6 Å². The van der Waals surface area contributed by atoms with Gasteiger partial charge in [0.05, 0.1) is 19.4 Å². The van der Waals surface area contributed by atoms with Crippen LogP contribution in [0.3, 0.4) is 0 Å². The second-order valence-corrected chi connectivity index (χ2v) is 8.03. The van der Waals surface area contributed by atoms with E-state index in [0.29, 0.717) is 30.8 Å². The molecule has 6 heteroatoms. The molecule has 2 aromatic rings. The molecule has 2 aromatic carbocycles. The summed E-state index contributed by atoms with van der Waals surface area (Å²) in [6, 6.07) is 17.8.